The number of hydrogen-bond donors (Lipinski definition) is 1. The predicted octanol–water partition coefficient (Wildman–Crippen LogP) is 2.08. The minimum absolute atomic E-state index is 0.260. The Morgan fingerprint density at radius 1 is 1.43 bits per heavy atom. The minimum atomic E-state index is -1.04. The number of carbonyl (C=O) groups excluding carboxylic acids is 1. The molecule has 14 heavy (non-hydrogen) atoms. The van der Waals surface area contributed by atoms with Crippen molar-refractivity contribution in [2.24, 2.45) is 0 Å². The van der Waals surface area contributed by atoms with Crippen LogP contribution >= 0.6 is 0 Å². The highest BCUT2D eigenvalue weighted by atomic mass is 28.3. The molecule has 2 rings (SSSR count). The zero-order valence-electron chi connectivity index (χ0n) is 9.11. The quantitative estimate of drug-likeness (QED) is 0.702. The van der Waals surface area contributed by atoms with Crippen LogP contribution in [-0.4, -0.2) is 20.4 Å². The third-order valence-electron chi connectivity index (χ3n) is 2.64. The van der Waals surface area contributed by atoms with Crippen molar-refractivity contribution in [1.82, 2.24) is 5.32 Å². The zero-order chi connectivity index (χ0) is 10.3. The number of hydrogen-bond acceptors (Lipinski definition) is 2. The van der Waals surface area contributed by atoms with E-state index in [2.05, 4.69) is 25.0 Å². The Bertz CT molecular complexity index is 347. The Morgan fingerprint density at radius 3 is 2.79 bits per heavy atom. The second-order valence-electron chi connectivity index (χ2n) is 5.37. The first-order chi connectivity index (χ1) is 6.46. The Hall–Kier alpha value is -0.833. The van der Waals surface area contributed by atoms with Crippen LogP contribution in [0.4, 0.5) is 0 Å². The van der Waals surface area contributed by atoms with Crippen LogP contribution in [0.5, 0.6) is 0 Å². The summed E-state index contributed by atoms with van der Waals surface area (Å²) < 4.78 is 0. The van der Waals surface area contributed by atoms with Crippen molar-refractivity contribution in [2.45, 2.75) is 32.1 Å². The van der Waals surface area contributed by atoms with Gasteiger partial charge in [0.05, 0.1) is 0 Å². The van der Waals surface area contributed by atoms with E-state index in [4.69, 9.17) is 0 Å². The van der Waals surface area contributed by atoms with Crippen molar-refractivity contribution < 1.29 is 4.79 Å². The summed E-state index contributed by atoms with van der Waals surface area (Å²) in [6.45, 7) is 8.09. The molecule has 0 saturated heterocycles. The number of carbonyl (C=O) groups is 1. The van der Waals surface area contributed by atoms with Gasteiger partial charge in [-0.1, -0.05) is 19.6 Å². The lowest BCUT2D eigenvalue weighted by Gasteiger charge is -2.16. The van der Waals surface area contributed by atoms with Gasteiger partial charge in [0, 0.05) is 32.8 Å². The maximum absolute atomic E-state index is 11.2. The number of rotatable bonds is 2. The second kappa shape index (κ2) is 3.09. The van der Waals surface area contributed by atoms with Crippen molar-refractivity contribution in [1.29, 1.82) is 0 Å². The van der Waals surface area contributed by atoms with Crippen LogP contribution in [-0.2, 0) is 4.79 Å². The first-order valence-electron chi connectivity index (χ1n) is 5.15. The van der Waals surface area contributed by atoms with E-state index < -0.39 is 8.07 Å². The maximum atomic E-state index is 11.2. The smallest absolute Gasteiger partial charge is 0.162 e. The molecule has 0 unspecified atom stereocenters. The molecule has 0 aromatic heterocycles. The lowest BCUT2D eigenvalue weighted by atomic mass is 10.1. The molecule has 0 spiro atoms. The normalized spacial score (nSPS) is 21.1. The van der Waals surface area contributed by atoms with Crippen molar-refractivity contribution in [3.05, 3.63) is 22.9 Å². The van der Waals surface area contributed by atoms with Crippen molar-refractivity contribution in [3.63, 3.8) is 0 Å². The third kappa shape index (κ3) is 1.82. The van der Waals surface area contributed by atoms with Gasteiger partial charge in [-0.3, -0.25) is 4.79 Å². The molecule has 0 aromatic carbocycles. The highest BCUT2D eigenvalue weighted by Crippen LogP contribution is 2.32. The molecule has 0 radical (unpaired) electrons. The Balaban J connectivity index is 2.22. The SMILES string of the molecule is C[Si](C)(C)CC1=C2CC(=O)C=C2NC1. The van der Waals surface area contributed by atoms with Crippen LogP contribution in [0.2, 0.25) is 25.7 Å². The van der Waals surface area contributed by atoms with Gasteiger partial charge >= 0.3 is 0 Å². The van der Waals surface area contributed by atoms with Crippen LogP contribution in [0, 0.1) is 0 Å². The lowest BCUT2D eigenvalue weighted by Crippen LogP contribution is -2.21. The molecule has 1 N–H and O–H groups in total. The molecule has 76 valence electrons. The molecule has 1 aliphatic carbocycles. The largest absolute Gasteiger partial charge is 0.381 e. The van der Waals surface area contributed by atoms with E-state index in [1.807, 2.05) is 0 Å². The van der Waals surface area contributed by atoms with E-state index in [1.165, 1.54) is 17.2 Å². The van der Waals surface area contributed by atoms with Crippen molar-refractivity contribution in [2.75, 3.05) is 6.54 Å². The highest BCUT2D eigenvalue weighted by molar-refractivity contribution is 6.76. The Morgan fingerprint density at radius 2 is 2.14 bits per heavy atom. The Labute approximate surface area is 86.1 Å². The molecule has 0 atom stereocenters. The van der Waals surface area contributed by atoms with Crippen LogP contribution in [0.1, 0.15) is 6.42 Å². The van der Waals surface area contributed by atoms with Crippen molar-refractivity contribution in [3.8, 4) is 0 Å². The van der Waals surface area contributed by atoms with Gasteiger partial charge in [-0.2, -0.15) is 0 Å². The molecule has 1 heterocycles. The summed E-state index contributed by atoms with van der Waals surface area (Å²) >= 11 is 0. The fourth-order valence-corrected chi connectivity index (χ4v) is 3.78. The van der Waals surface area contributed by atoms with Gasteiger partial charge in [-0.25, -0.2) is 0 Å². The molecule has 3 heteroatoms. The zero-order valence-corrected chi connectivity index (χ0v) is 10.1. The monoisotopic (exact) mass is 207 g/mol. The Kier molecular flexibility index (Phi) is 2.14. The average molecular weight is 207 g/mol. The summed E-state index contributed by atoms with van der Waals surface area (Å²) in [6.07, 6.45) is 2.40. The van der Waals surface area contributed by atoms with E-state index in [9.17, 15) is 4.79 Å². The molecule has 0 saturated carbocycles. The van der Waals surface area contributed by atoms with Gasteiger partial charge in [0.1, 0.15) is 0 Å². The van der Waals surface area contributed by atoms with E-state index in [-0.39, 0.29) is 5.78 Å². The second-order valence-corrected chi connectivity index (χ2v) is 10.8. The third-order valence-corrected chi connectivity index (χ3v) is 4.13. The molecule has 0 amide bonds. The first-order valence-corrected chi connectivity index (χ1v) is 8.86. The van der Waals surface area contributed by atoms with Gasteiger partial charge < -0.3 is 5.32 Å². The maximum Gasteiger partial charge on any atom is 0.162 e. The molecule has 2 aliphatic rings. The van der Waals surface area contributed by atoms with Gasteiger partial charge in [-0.05, 0) is 17.2 Å². The fraction of sp³-hybridized carbons (Fsp3) is 0.545. The van der Waals surface area contributed by atoms with E-state index >= 15 is 0 Å². The summed E-state index contributed by atoms with van der Waals surface area (Å²) in [7, 11) is -1.04. The summed E-state index contributed by atoms with van der Waals surface area (Å²) in [6, 6.07) is 1.22. The number of fused-ring (bicyclic) bond motifs is 1. The number of ketones is 1. The van der Waals surface area contributed by atoms with Crippen molar-refractivity contribution >= 4 is 13.9 Å². The summed E-state index contributed by atoms with van der Waals surface area (Å²) in [5.74, 6) is 0.260. The van der Waals surface area contributed by atoms with Crippen LogP contribution in [0.15, 0.2) is 22.9 Å². The first kappa shape index (κ1) is 9.71. The summed E-state index contributed by atoms with van der Waals surface area (Å²) in [5.41, 5.74) is 3.89. The average Bonchev–Trinajstić information content (AvgIpc) is 2.49. The van der Waals surface area contributed by atoms with E-state index in [0.717, 1.165) is 12.2 Å². The summed E-state index contributed by atoms with van der Waals surface area (Å²) in [4.78, 5) is 11.2. The molecule has 1 aliphatic heterocycles. The lowest BCUT2D eigenvalue weighted by molar-refractivity contribution is -0.113. The fourth-order valence-electron chi connectivity index (χ4n) is 2.16. The van der Waals surface area contributed by atoms with Crippen LogP contribution in [0.3, 0.4) is 0 Å². The molecular weight excluding hydrogens is 190 g/mol. The molecule has 0 aromatic rings. The molecule has 2 nitrogen and oxygen atoms in total. The summed E-state index contributed by atoms with van der Waals surface area (Å²) in [5, 5.41) is 3.31. The predicted molar refractivity (Wildman–Crippen MR) is 60.9 cm³/mol. The van der Waals surface area contributed by atoms with Gasteiger partial charge in [-0.15, -0.1) is 0 Å². The van der Waals surface area contributed by atoms with Gasteiger partial charge in [0.2, 0.25) is 0 Å². The molecule has 0 fully saturated rings. The molecule has 0 bridgehead atoms. The number of nitrogens with one attached hydrogen (secondary N) is 1. The van der Waals surface area contributed by atoms with Gasteiger partial charge in [0.15, 0.2) is 5.78 Å². The highest BCUT2D eigenvalue weighted by Gasteiger charge is 2.28. The molecular formula is C11H17NOSi. The van der Waals surface area contributed by atoms with Crippen LogP contribution in [0.25, 0.3) is 0 Å². The number of allylic oxidation sites excluding steroid dienone is 2. The topological polar surface area (TPSA) is 29.1 Å². The van der Waals surface area contributed by atoms with E-state index in [1.54, 1.807) is 6.08 Å². The van der Waals surface area contributed by atoms with E-state index in [0.29, 0.717) is 6.42 Å². The minimum Gasteiger partial charge on any atom is -0.381 e. The van der Waals surface area contributed by atoms with Gasteiger partial charge in [0.25, 0.3) is 0 Å². The van der Waals surface area contributed by atoms with Crippen LogP contribution < -0.4 is 5.32 Å². The standard InChI is InChI=1S/C11H17NOSi/c1-14(2,3)7-8-6-12-11-5-9(13)4-10(8)11/h5,12H,4,6-7H2,1-3H3.